The fourth-order valence-electron chi connectivity index (χ4n) is 0.946. The lowest BCUT2D eigenvalue weighted by Crippen LogP contribution is -2.02. The molecule has 0 radical (unpaired) electrons. The third-order valence-corrected chi connectivity index (χ3v) is 1.65. The van der Waals surface area contributed by atoms with Gasteiger partial charge in [0.1, 0.15) is 5.94 Å². The minimum Gasteiger partial charge on any atom is -0.480 e. The lowest BCUT2D eigenvalue weighted by molar-refractivity contribution is 0.404. The minimum absolute atomic E-state index is 0.297. The predicted molar refractivity (Wildman–Crippen MR) is 55.4 cm³/mol. The second-order valence-electron chi connectivity index (χ2n) is 2.68. The fraction of sp³-hybridized carbons (Fsp3) is 0.182. The molecule has 1 aromatic carbocycles. The first-order chi connectivity index (χ1) is 6.77. The van der Waals surface area contributed by atoms with E-state index in [1.807, 2.05) is 30.3 Å². The third kappa shape index (κ3) is 2.57. The first-order valence-corrected chi connectivity index (χ1v) is 4.17. The second kappa shape index (κ2) is 5.00. The number of hydrogen-bond donors (Lipinski definition) is 0. The summed E-state index contributed by atoms with van der Waals surface area (Å²) in [6.07, 6.45) is 0. The summed E-state index contributed by atoms with van der Waals surface area (Å²) in [6, 6.07) is 9.29. The Morgan fingerprint density at radius 2 is 2.00 bits per heavy atom. The van der Waals surface area contributed by atoms with E-state index < -0.39 is 0 Å². The van der Waals surface area contributed by atoms with Gasteiger partial charge in [0.25, 0.3) is 0 Å². The molecule has 0 heterocycles. The molecular weight excluding hydrogens is 178 g/mol. The average molecular weight is 189 g/mol. The predicted octanol–water partition coefficient (Wildman–Crippen LogP) is 2.14. The van der Waals surface area contributed by atoms with Crippen LogP contribution in [-0.2, 0) is 9.53 Å². The number of methoxy groups -OCH3 is 1. The minimum atomic E-state index is 0.297. The Morgan fingerprint density at radius 3 is 2.50 bits per heavy atom. The summed E-state index contributed by atoms with van der Waals surface area (Å²) in [5.41, 5.74) is 1.11. The van der Waals surface area contributed by atoms with Crippen molar-refractivity contribution in [2.45, 2.75) is 6.92 Å². The Bertz CT molecular complexity index is 376. The molecule has 0 aliphatic heterocycles. The van der Waals surface area contributed by atoms with Crippen LogP contribution < -0.4 is 0 Å². The van der Waals surface area contributed by atoms with Gasteiger partial charge in [-0.05, 0) is 19.1 Å². The van der Waals surface area contributed by atoms with E-state index in [0.29, 0.717) is 11.5 Å². The van der Waals surface area contributed by atoms with Crippen LogP contribution in [-0.4, -0.2) is 18.9 Å². The molecule has 3 nitrogen and oxygen atoms in total. The van der Waals surface area contributed by atoms with Crippen LogP contribution in [0.4, 0.5) is 5.69 Å². The van der Waals surface area contributed by atoms with E-state index in [0.717, 1.165) is 5.69 Å². The van der Waals surface area contributed by atoms with E-state index in [4.69, 9.17) is 4.74 Å². The third-order valence-electron chi connectivity index (χ3n) is 1.65. The van der Waals surface area contributed by atoms with Crippen LogP contribution in [0.5, 0.6) is 0 Å². The summed E-state index contributed by atoms with van der Waals surface area (Å²) in [6.45, 7) is 1.61. The van der Waals surface area contributed by atoms with Crippen LogP contribution in [0.2, 0.25) is 0 Å². The van der Waals surface area contributed by atoms with Crippen molar-refractivity contribution in [3.8, 4) is 0 Å². The zero-order valence-electron chi connectivity index (χ0n) is 8.15. The van der Waals surface area contributed by atoms with Crippen molar-refractivity contribution in [1.82, 2.24) is 0 Å². The molecule has 0 N–H and O–H groups in total. The molecule has 3 heteroatoms. The smallest absolute Gasteiger partial charge is 0.227 e. The molecule has 0 aliphatic rings. The van der Waals surface area contributed by atoms with E-state index in [1.165, 1.54) is 7.11 Å². The molecule has 0 aromatic heterocycles. The van der Waals surface area contributed by atoms with E-state index in [2.05, 4.69) is 4.99 Å². The molecule has 72 valence electrons. The molecule has 0 bridgehead atoms. The first-order valence-electron chi connectivity index (χ1n) is 4.17. The largest absolute Gasteiger partial charge is 0.480 e. The van der Waals surface area contributed by atoms with E-state index >= 15 is 0 Å². The van der Waals surface area contributed by atoms with Crippen LogP contribution in [0.3, 0.4) is 0 Å². The molecule has 0 amide bonds. The zero-order valence-corrected chi connectivity index (χ0v) is 8.15. The number of hydrogen-bond acceptors (Lipinski definition) is 3. The molecular formula is C11H11NO2. The van der Waals surface area contributed by atoms with Crippen molar-refractivity contribution in [1.29, 1.82) is 0 Å². The van der Waals surface area contributed by atoms with Gasteiger partial charge in [-0.3, -0.25) is 0 Å². The van der Waals surface area contributed by atoms with Crippen LogP contribution >= 0.6 is 0 Å². The summed E-state index contributed by atoms with van der Waals surface area (Å²) < 4.78 is 4.96. The van der Waals surface area contributed by atoms with E-state index in [-0.39, 0.29) is 0 Å². The molecule has 0 spiro atoms. The summed E-state index contributed by atoms with van der Waals surface area (Å²) in [5.74, 6) is 2.04. The van der Waals surface area contributed by atoms with Crippen molar-refractivity contribution >= 4 is 17.5 Å². The molecule has 0 unspecified atom stereocenters. The Morgan fingerprint density at radius 1 is 1.36 bits per heavy atom. The Kier molecular flexibility index (Phi) is 3.65. The van der Waals surface area contributed by atoms with Gasteiger partial charge in [0.05, 0.1) is 18.4 Å². The highest BCUT2D eigenvalue weighted by Gasteiger charge is 2.02. The SMILES string of the molecule is COC(=Nc1ccccc1)C(C)=C=O. The maximum absolute atomic E-state index is 10.4. The topological polar surface area (TPSA) is 38.7 Å². The fourth-order valence-corrected chi connectivity index (χ4v) is 0.946. The van der Waals surface area contributed by atoms with Gasteiger partial charge < -0.3 is 4.74 Å². The molecule has 0 atom stereocenters. The lowest BCUT2D eigenvalue weighted by atomic mass is 10.3. The number of benzene rings is 1. The molecule has 0 fully saturated rings. The van der Waals surface area contributed by atoms with Gasteiger partial charge in [-0.15, -0.1) is 0 Å². The van der Waals surface area contributed by atoms with Crippen LogP contribution in [0.25, 0.3) is 0 Å². The van der Waals surface area contributed by atoms with Crippen molar-refractivity contribution in [2.24, 2.45) is 4.99 Å². The van der Waals surface area contributed by atoms with Gasteiger partial charge in [0, 0.05) is 0 Å². The van der Waals surface area contributed by atoms with Gasteiger partial charge in [-0.2, -0.15) is 0 Å². The normalized spacial score (nSPS) is 10.6. The number of nitrogens with zero attached hydrogens (tertiary/aromatic N) is 1. The number of rotatable bonds is 2. The molecule has 14 heavy (non-hydrogen) atoms. The van der Waals surface area contributed by atoms with Gasteiger partial charge in [-0.1, -0.05) is 18.2 Å². The van der Waals surface area contributed by atoms with Gasteiger partial charge >= 0.3 is 0 Å². The second-order valence-corrected chi connectivity index (χ2v) is 2.68. The van der Waals surface area contributed by atoms with E-state index in [1.54, 1.807) is 12.9 Å². The highest BCUT2D eigenvalue weighted by molar-refractivity contribution is 6.01. The quantitative estimate of drug-likeness (QED) is 0.406. The number of para-hydroxylation sites is 1. The van der Waals surface area contributed by atoms with Crippen molar-refractivity contribution in [2.75, 3.05) is 7.11 Å². The number of carbonyl (C=O) groups excluding carboxylic acids is 1. The maximum atomic E-state index is 10.4. The molecule has 0 aliphatic carbocycles. The van der Waals surface area contributed by atoms with Crippen LogP contribution in [0.15, 0.2) is 40.9 Å². The van der Waals surface area contributed by atoms with Gasteiger partial charge in [-0.25, -0.2) is 9.79 Å². The highest BCUT2D eigenvalue weighted by Crippen LogP contribution is 2.11. The van der Waals surface area contributed by atoms with Crippen LogP contribution in [0, 0.1) is 0 Å². The summed E-state index contributed by atoms with van der Waals surface area (Å²) in [7, 11) is 1.47. The van der Waals surface area contributed by atoms with Crippen molar-refractivity contribution in [3.63, 3.8) is 0 Å². The zero-order chi connectivity index (χ0) is 10.4. The summed E-state index contributed by atoms with van der Waals surface area (Å²) >= 11 is 0. The Balaban J connectivity index is 3.01. The van der Waals surface area contributed by atoms with Crippen molar-refractivity contribution < 1.29 is 9.53 Å². The average Bonchev–Trinajstić information content (AvgIpc) is 2.26. The lowest BCUT2D eigenvalue weighted by Gasteiger charge is -2.01. The molecule has 0 saturated carbocycles. The number of aliphatic imine (C=N–C) groups is 1. The van der Waals surface area contributed by atoms with Crippen LogP contribution in [0.1, 0.15) is 6.92 Å². The Labute approximate surface area is 82.7 Å². The Hall–Kier alpha value is -1.86. The highest BCUT2D eigenvalue weighted by atomic mass is 16.5. The summed E-state index contributed by atoms with van der Waals surface area (Å²) in [5, 5.41) is 0. The van der Waals surface area contributed by atoms with Gasteiger partial charge in [0.15, 0.2) is 0 Å². The molecule has 0 saturated heterocycles. The first kappa shape index (κ1) is 10.2. The molecule has 1 aromatic rings. The number of ether oxygens (including phenoxy) is 1. The van der Waals surface area contributed by atoms with Gasteiger partial charge in [0.2, 0.25) is 5.90 Å². The van der Waals surface area contributed by atoms with Crippen molar-refractivity contribution in [3.05, 3.63) is 35.9 Å². The summed E-state index contributed by atoms with van der Waals surface area (Å²) in [4.78, 5) is 14.5. The van der Waals surface area contributed by atoms with E-state index in [9.17, 15) is 4.79 Å². The standard InChI is InChI=1S/C11H11NO2/c1-9(8-13)11(14-2)12-10-6-4-3-5-7-10/h3-7H,1-2H3. The molecule has 1 rings (SSSR count). The monoisotopic (exact) mass is 189 g/mol. The maximum Gasteiger partial charge on any atom is 0.227 e.